The van der Waals surface area contributed by atoms with Gasteiger partial charge in [0.15, 0.2) is 0 Å². The molecular formula is C21H26FN4O3S+. The van der Waals surface area contributed by atoms with Gasteiger partial charge >= 0.3 is 0 Å². The number of quaternary nitrogens is 1. The van der Waals surface area contributed by atoms with Crippen molar-refractivity contribution < 1.29 is 23.3 Å². The second kappa shape index (κ2) is 8.55. The van der Waals surface area contributed by atoms with E-state index in [1.165, 1.54) is 31.6 Å². The van der Waals surface area contributed by atoms with E-state index in [1.807, 2.05) is 23.6 Å². The number of sulfonamides is 1. The number of hydrogen-bond acceptors (Lipinski definition) is 4. The smallest absolute Gasteiger partial charge is 0.242 e. The van der Waals surface area contributed by atoms with Crippen LogP contribution in [0.1, 0.15) is 5.69 Å². The van der Waals surface area contributed by atoms with Crippen molar-refractivity contribution in [1.82, 2.24) is 13.9 Å². The molecule has 0 radical (unpaired) electrons. The Balaban J connectivity index is 2.28. The van der Waals surface area contributed by atoms with Crippen LogP contribution in [0, 0.1) is 6.92 Å². The fourth-order valence-corrected chi connectivity index (χ4v) is 4.33. The first-order valence-corrected chi connectivity index (χ1v) is 10.8. The van der Waals surface area contributed by atoms with Gasteiger partial charge in [-0.1, -0.05) is 12.1 Å². The average molecular weight is 434 g/mol. The van der Waals surface area contributed by atoms with Crippen LogP contribution in [0.15, 0.2) is 53.2 Å². The van der Waals surface area contributed by atoms with Crippen molar-refractivity contribution in [2.45, 2.75) is 18.4 Å². The Hall–Kier alpha value is -2.75. The molecule has 0 fully saturated rings. The zero-order valence-corrected chi connectivity index (χ0v) is 18.3. The van der Waals surface area contributed by atoms with Crippen molar-refractivity contribution >= 4 is 21.1 Å². The largest absolute Gasteiger partial charge is 0.481 e. The lowest BCUT2D eigenvalue weighted by molar-refractivity contribution is -0.353. The lowest BCUT2D eigenvalue weighted by Crippen LogP contribution is -2.49. The maximum absolute atomic E-state index is 14.3. The highest BCUT2D eigenvalue weighted by atomic mass is 32.2. The summed E-state index contributed by atoms with van der Waals surface area (Å²) in [6.07, 6.45) is 1.44. The number of methoxy groups -OCH3 is 1. The Kier molecular flexibility index (Phi) is 6.25. The predicted octanol–water partition coefficient (Wildman–Crippen LogP) is 2.37. The van der Waals surface area contributed by atoms with Crippen molar-refractivity contribution in [2.24, 2.45) is 0 Å². The van der Waals surface area contributed by atoms with E-state index >= 15 is 0 Å². The van der Waals surface area contributed by atoms with Crippen LogP contribution in [-0.2, 0) is 16.6 Å². The molecule has 3 N–H and O–H groups in total. The highest BCUT2D eigenvalue weighted by molar-refractivity contribution is 7.89. The van der Waals surface area contributed by atoms with Gasteiger partial charge in [0.05, 0.1) is 30.6 Å². The molecule has 0 aliphatic heterocycles. The normalized spacial score (nSPS) is 12.7. The predicted molar refractivity (Wildman–Crippen MR) is 114 cm³/mol. The summed E-state index contributed by atoms with van der Waals surface area (Å²) in [6.45, 7) is 2.27. The first-order valence-electron chi connectivity index (χ1n) is 9.41. The highest BCUT2D eigenvalue weighted by Crippen LogP contribution is 2.36. The summed E-state index contributed by atoms with van der Waals surface area (Å²) in [5.41, 5.74) is 7.21. The maximum atomic E-state index is 14.3. The first kappa shape index (κ1) is 21.9. The fraction of sp³-hybridized carbons (Fsp3) is 0.286. The molecule has 0 unspecified atom stereocenters. The van der Waals surface area contributed by atoms with Crippen molar-refractivity contribution in [3.63, 3.8) is 0 Å². The summed E-state index contributed by atoms with van der Waals surface area (Å²) in [7, 11) is 0.905. The number of pyridine rings is 1. The maximum Gasteiger partial charge on any atom is 0.242 e. The molecular weight excluding hydrogens is 407 g/mol. The van der Waals surface area contributed by atoms with Gasteiger partial charge in [0.2, 0.25) is 15.9 Å². The van der Waals surface area contributed by atoms with Gasteiger partial charge in [-0.3, -0.25) is 0 Å². The summed E-state index contributed by atoms with van der Waals surface area (Å²) >= 11 is 0. The van der Waals surface area contributed by atoms with Gasteiger partial charge in [0.1, 0.15) is 11.3 Å². The van der Waals surface area contributed by atoms with Crippen molar-refractivity contribution in [3.8, 4) is 17.0 Å². The number of benzene rings is 1. The lowest BCUT2D eigenvalue weighted by atomic mass is 10.1. The van der Waals surface area contributed by atoms with Crippen LogP contribution in [-0.4, -0.2) is 50.0 Å². The molecule has 0 aliphatic carbocycles. The van der Waals surface area contributed by atoms with Crippen LogP contribution in [0.25, 0.3) is 22.2 Å². The molecule has 0 atom stereocenters. The minimum Gasteiger partial charge on any atom is -0.481 e. The number of nitrogens with zero attached hydrogens (tertiary/aromatic N) is 3. The number of rotatable bonds is 7. The molecule has 7 nitrogen and oxygen atoms in total. The van der Waals surface area contributed by atoms with Gasteiger partial charge in [-0.25, -0.2) is 22.1 Å². The molecule has 1 aromatic carbocycles. The average Bonchev–Trinajstić information content (AvgIpc) is 2.98. The summed E-state index contributed by atoms with van der Waals surface area (Å²) < 4.78 is 47.8. The molecule has 0 saturated heterocycles. The Labute approximate surface area is 175 Å². The molecule has 160 valence electrons. The Bertz CT molecular complexity index is 1220. The third kappa shape index (κ3) is 3.96. The number of ether oxygens (including phenoxy) is 1. The molecule has 2 aromatic heterocycles. The van der Waals surface area contributed by atoms with Gasteiger partial charge in [-0.05, 0) is 30.7 Å². The minimum atomic E-state index is -3.60. The summed E-state index contributed by atoms with van der Waals surface area (Å²) in [5, 5.41) is 0. The van der Waals surface area contributed by atoms with Crippen LogP contribution in [0.5, 0.6) is 5.88 Å². The molecule has 3 rings (SSSR count). The Morgan fingerprint density at radius 2 is 2.03 bits per heavy atom. The van der Waals surface area contributed by atoms with Gasteiger partial charge in [0, 0.05) is 37.5 Å². The van der Waals surface area contributed by atoms with Gasteiger partial charge in [-0.15, -0.1) is 0 Å². The second-order valence-electron chi connectivity index (χ2n) is 7.02. The number of aromatic nitrogens is 2. The molecule has 0 saturated carbocycles. The van der Waals surface area contributed by atoms with E-state index in [9.17, 15) is 12.8 Å². The molecule has 0 spiro atoms. The molecule has 9 heteroatoms. The second-order valence-corrected chi connectivity index (χ2v) is 9.17. The van der Waals surface area contributed by atoms with Gasteiger partial charge < -0.3 is 15.0 Å². The molecule has 0 amide bonds. The summed E-state index contributed by atoms with van der Waals surface area (Å²) in [4.78, 5) is 4.75. The van der Waals surface area contributed by atoms with Crippen LogP contribution in [0.2, 0.25) is 0 Å². The summed E-state index contributed by atoms with van der Waals surface area (Å²) in [5.74, 6) is 0.128. The molecule has 3 aromatic rings. The van der Waals surface area contributed by atoms with E-state index in [0.29, 0.717) is 23.5 Å². The van der Waals surface area contributed by atoms with Gasteiger partial charge in [0.25, 0.3) is 0 Å². The molecule has 0 bridgehead atoms. The number of fused-ring (bicyclic) bond motifs is 1. The number of hydrogen-bond donors (Lipinski definition) is 1. The number of allylic oxidation sites excluding steroid dienone is 1. The van der Waals surface area contributed by atoms with Crippen molar-refractivity contribution in [3.05, 3.63) is 54.0 Å². The van der Waals surface area contributed by atoms with Crippen molar-refractivity contribution in [1.29, 1.82) is 0 Å². The van der Waals surface area contributed by atoms with E-state index in [2.05, 4.69) is 10.7 Å². The van der Waals surface area contributed by atoms with E-state index < -0.39 is 10.0 Å². The third-order valence-electron chi connectivity index (χ3n) is 4.93. The molecule has 0 aliphatic rings. The Morgan fingerprint density at radius 3 is 2.67 bits per heavy atom. The SMILES string of the molecule is COc1ccc2c(n1)c(-c1cccc(S(=O)(=O)N(C)C)c1)c(C)n2C/C(F)=C/C[NH3+]. The highest BCUT2D eigenvalue weighted by Gasteiger charge is 2.22. The van der Waals surface area contributed by atoms with Crippen LogP contribution in [0.4, 0.5) is 4.39 Å². The fourth-order valence-electron chi connectivity index (χ4n) is 3.38. The lowest BCUT2D eigenvalue weighted by Gasteiger charge is -2.12. The zero-order chi connectivity index (χ0) is 22.1. The molecule has 30 heavy (non-hydrogen) atoms. The third-order valence-corrected chi connectivity index (χ3v) is 6.74. The van der Waals surface area contributed by atoms with E-state index in [4.69, 9.17) is 4.74 Å². The first-order chi connectivity index (χ1) is 14.2. The topological polar surface area (TPSA) is 92.1 Å². The van der Waals surface area contributed by atoms with Crippen molar-refractivity contribution in [2.75, 3.05) is 27.7 Å². The van der Waals surface area contributed by atoms with E-state index in [0.717, 1.165) is 16.8 Å². The van der Waals surface area contributed by atoms with E-state index in [1.54, 1.807) is 24.3 Å². The van der Waals surface area contributed by atoms with Crippen LogP contribution >= 0.6 is 0 Å². The van der Waals surface area contributed by atoms with E-state index in [-0.39, 0.29) is 17.3 Å². The van der Waals surface area contributed by atoms with Crippen LogP contribution < -0.4 is 10.5 Å². The number of halogens is 1. The zero-order valence-electron chi connectivity index (χ0n) is 17.5. The van der Waals surface area contributed by atoms with Crippen LogP contribution in [0.3, 0.4) is 0 Å². The minimum absolute atomic E-state index is 0.0432. The Morgan fingerprint density at radius 1 is 1.30 bits per heavy atom. The quantitative estimate of drug-likeness (QED) is 0.619. The molecule has 2 heterocycles. The monoisotopic (exact) mass is 433 g/mol. The van der Waals surface area contributed by atoms with Gasteiger partial charge in [-0.2, -0.15) is 0 Å². The summed E-state index contributed by atoms with van der Waals surface area (Å²) in [6, 6.07) is 10.2. The standard InChI is InChI=1S/C21H25FN4O3S/c1-14-20(15-6-5-7-17(12-15)30(27,28)25(2)3)21-18(8-9-19(24-21)29-4)26(14)13-16(22)10-11-23/h5-10,12H,11,13,23H2,1-4H3/p+1/b16-10-.